The number of nitrogens with one attached hydrogen (secondary N) is 1. The van der Waals surface area contributed by atoms with Crippen molar-refractivity contribution in [3.63, 3.8) is 0 Å². The van der Waals surface area contributed by atoms with Crippen LogP contribution in [0.1, 0.15) is 21.5 Å². The maximum atomic E-state index is 13.3. The average molecular weight is 372 g/mol. The summed E-state index contributed by atoms with van der Waals surface area (Å²) in [5.74, 6) is -1.26. The number of hydrogen-bond donors (Lipinski definition) is 1. The molecule has 1 N–H and O–H groups in total. The molecule has 126 valence electrons. The Morgan fingerprint density at radius 2 is 1.96 bits per heavy atom. The summed E-state index contributed by atoms with van der Waals surface area (Å²) in [7, 11) is 0. The van der Waals surface area contributed by atoms with E-state index in [4.69, 9.17) is 12.2 Å². The molecule has 2 aromatic carbocycles. The normalized spacial score (nSPS) is 15.8. The molecule has 0 unspecified atom stereocenters. The van der Waals surface area contributed by atoms with Crippen molar-refractivity contribution < 1.29 is 14.0 Å². The third-order valence-corrected chi connectivity index (χ3v) is 4.77. The van der Waals surface area contributed by atoms with Crippen LogP contribution in [0, 0.1) is 12.7 Å². The van der Waals surface area contributed by atoms with Crippen LogP contribution in [0.25, 0.3) is 6.08 Å². The average Bonchev–Trinajstić information content (AvgIpc) is 2.83. The second-order valence-electron chi connectivity index (χ2n) is 5.38. The van der Waals surface area contributed by atoms with E-state index in [1.54, 1.807) is 30.3 Å². The van der Waals surface area contributed by atoms with E-state index < -0.39 is 17.6 Å². The van der Waals surface area contributed by atoms with Crippen LogP contribution in [0.15, 0.2) is 53.4 Å². The number of hydrazine groups is 1. The molecule has 1 saturated heterocycles. The van der Waals surface area contributed by atoms with Gasteiger partial charge in [0.1, 0.15) is 5.82 Å². The first-order valence-electron chi connectivity index (χ1n) is 7.35. The van der Waals surface area contributed by atoms with Crippen LogP contribution in [-0.2, 0) is 4.79 Å². The zero-order chi connectivity index (χ0) is 18.0. The predicted octanol–water partition coefficient (Wildman–Crippen LogP) is 3.68. The molecule has 2 amide bonds. The van der Waals surface area contributed by atoms with Crippen molar-refractivity contribution >= 4 is 46.2 Å². The largest absolute Gasteiger partial charge is 0.285 e. The van der Waals surface area contributed by atoms with Crippen molar-refractivity contribution in [2.24, 2.45) is 0 Å². The molecule has 3 rings (SSSR count). The van der Waals surface area contributed by atoms with Gasteiger partial charge in [0.25, 0.3) is 11.8 Å². The number of benzene rings is 2. The Kier molecular flexibility index (Phi) is 4.96. The lowest BCUT2D eigenvalue weighted by atomic mass is 10.1. The van der Waals surface area contributed by atoms with E-state index in [9.17, 15) is 14.0 Å². The molecule has 0 aliphatic carbocycles. The Morgan fingerprint density at radius 3 is 2.64 bits per heavy atom. The third kappa shape index (κ3) is 3.94. The minimum Gasteiger partial charge on any atom is -0.267 e. The third-order valence-electron chi connectivity index (χ3n) is 3.47. The van der Waals surface area contributed by atoms with E-state index in [2.05, 4.69) is 5.43 Å². The Bertz CT molecular complexity index is 894. The van der Waals surface area contributed by atoms with Gasteiger partial charge in [0.15, 0.2) is 4.32 Å². The zero-order valence-corrected chi connectivity index (χ0v) is 14.8. The molecule has 0 atom stereocenters. The molecule has 0 bridgehead atoms. The van der Waals surface area contributed by atoms with Gasteiger partial charge in [-0.05, 0) is 55.0 Å². The lowest BCUT2D eigenvalue weighted by Gasteiger charge is -2.15. The molecule has 1 aliphatic rings. The van der Waals surface area contributed by atoms with Crippen LogP contribution in [0.2, 0.25) is 0 Å². The molecule has 7 heteroatoms. The zero-order valence-electron chi connectivity index (χ0n) is 13.2. The highest BCUT2D eigenvalue weighted by molar-refractivity contribution is 8.26. The monoisotopic (exact) mass is 372 g/mol. The topological polar surface area (TPSA) is 49.4 Å². The smallest absolute Gasteiger partial charge is 0.267 e. The second-order valence-corrected chi connectivity index (χ2v) is 7.05. The number of amides is 2. The number of hydrogen-bond acceptors (Lipinski definition) is 4. The Morgan fingerprint density at radius 1 is 1.24 bits per heavy atom. The highest BCUT2D eigenvalue weighted by Crippen LogP contribution is 2.31. The summed E-state index contributed by atoms with van der Waals surface area (Å²) in [6, 6.07) is 12.8. The molecule has 0 radical (unpaired) electrons. The lowest BCUT2D eigenvalue weighted by molar-refractivity contribution is -0.123. The fourth-order valence-corrected chi connectivity index (χ4v) is 3.36. The van der Waals surface area contributed by atoms with E-state index in [0.717, 1.165) is 22.3 Å². The van der Waals surface area contributed by atoms with Gasteiger partial charge in [-0.3, -0.25) is 15.0 Å². The van der Waals surface area contributed by atoms with Crippen molar-refractivity contribution in [1.29, 1.82) is 0 Å². The van der Waals surface area contributed by atoms with Crippen LogP contribution < -0.4 is 5.43 Å². The quantitative estimate of drug-likeness (QED) is 0.660. The summed E-state index contributed by atoms with van der Waals surface area (Å²) in [5, 5.41) is 1.04. The van der Waals surface area contributed by atoms with Crippen molar-refractivity contribution in [3.8, 4) is 0 Å². The number of halogens is 1. The Hall–Kier alpha value is -2.51. The van der Waals surface area contributed by atoms with Crippen molar-refractivity contribution in [2.45, 2.75) is 6.92 Å². The first-order chi connectivity index (χ1) is 11.9. The fourth-order valence-electron chi connectivity index (χ4n) is 2.18. The van der Waals surface area contributed by atoms with Gasteiger partial charge in [-0.15, -0.1) is 0 Å². The number of nitrogens with zero attached hydrogens (tertiary/aromatic N) is 1. The molecule has 1 aliphatic heterocycles. The Balaban J connectivity index is 1.77. The van der Waals surface area contributed by atoms with Gasteiger partial charge in [0.2, 0.25) is 0 Å². The molecule has 25 heavy (non-hydrogen) atoms. The van der Waals surface area contributed by atoms with Crippen molar-refractivity contribution in [3.05, 3.63) is 75.9 Å². The summed E-state index contributed by atoms with van der Waals surface area (Å²) >= 11 is 6.22. The van der Waals surface area contributed by atoms with E-state index in [1.165, 1.54) is 12.1 Å². The van der Waals surface area contributed by atoms with Crippen LogP contribution in [0.3, 0.4) is 0 Å². The van der Waals surface area contributed by atoms with Crippen LogP contribution in [-0.4, -0.2) is 21.1 Å². The molecule has 2 aromatic rings. The molecule has 1 fully saturated rings. The van der Waals surface area contributed by atoms with Gasteiger partial charge in [0, 0.05) is 5.56 Å². The second kappa shape index (κ2) is 7.16. The van der Waals surface area contributed by atoms with E-state index in [1.807, 2.05) is 19.1 Å². The summed E-state index contributed by atoms with van der Waals surface area (Å²) < 4.78 is 13.5. The summed E-state index contributed by atoms with van der Waals surface area (Å²) in [6.07, 6.45) is 1.54. The van der Waals surface area contributed by atoms with E-state index in [0.29, 0.717) is 16.0 Å². The molecule has 0 saturated carbocycles. The first kappa shape index (κ1) is 17.3. The number of thiocarbonyl (C=S) groups is 1. The van der Waals surface area contributed by atoms with Crippen LogP contribution in [0.4, 0.5) is 4.39 Å². The maximum absolute atomic E-state index is 13.3. The number of thioether (sulfide) groups is 1. The van der Waals surface area contributed by atoms with Gasteiger partial charge < -0.3 is 0 Å². The lowest BCUT2D eigenvalue weighted by Crippen LogP contribution is -2.44. The summed E-state index contributed by atoms with van der Waals surface area (Å²) in [5.41, 5.74) is 4.51. The predicted molar refractivity (Wildman–Crippen MR) is 100 cm³/mol. The molecule has 0 aromatic heterocycles. The highest BCUT2D eigenvalue weighted by atomic mass is 32.2. The number of rotatable bonds is 3. The molecular weight excluding hydrogens is 359 g/mol. The van der Waals surface area contributed by atoms with Gasteiger partial charge in [0.05, 0.1) is 4.91 Å². The number of carbonyl (C=O) groups is 2. The van der Waals surface area contributed by atoms with Gasteiger partial charge in [-0.1, -0.05) is 41.6 Å². The summed E-state index contributed by atoms with van der Waals surface area (Å²) in [4.78, 5) is 25.1. The van der Waals surface area contributed by atoms with E-state index in [-0.39, 0.29) is 4.32 Å². The fraction of sp³-hybridized carbons (Fsp3) is 0.0556. The van der Waals surface area contributed by atoms with Gasteiger partial charge in [-0.25, -0.2) is 4.39 Å². The first-order valence-corrected chi connectivity index (χ1v) is 8.58. The molecular formula is C18H13FN2O2S2. The van der Waals surface area contributed by atoms with Gasteiger partial charge in [-0.2, -0.15) is 5.01 Å². The summed E-state index contributed by atoms with van der Waals surface area (Å²) in [6.45, 7) is 1.92. The standard InChI is InChI=1S/C18H13FN2O2S2/c1-11-5-7-13(8-6-11)16(22)20-21-17(23)15(25-18(21)24)10-12-3-2-4-14(19)9-12/h2-10H,1H3,(H,20,22)/b15-10-. The molecule has 0 spiro atoms. The van der Waals surface area contributed by atoms with Gasteiger partial charge >= 0.3 is 0 Å². The SMILES string of the molecule is Cc1ccc(C(=O)NN2C(=O)/C(=C/c3cccc(F)c3)SC2=S)cc1. The van der Waals surface area contributed by atoms with Crippen LogP contribution in [0.5, 0.6) is 0 Å². The van der Waals surface area contributed by atoms with E-state index >= 15 is 0 Å². The van der Waals surface area contributed by atoms with Crippen molar-refractivity contribution in [1.82, 2.24) is 10.4 Å². The van der Waals surface area contributed by atoms with Crippen LogP contribution >= 0.6 is 24.0 Å². The number of aryl methyl sites for hydroxylation is 1. The molecule has 1 heterocycles. The minimum atomic E-state index is -0.445. The maximum Gasteiger partial charge on any atom is 0.285 e. The van der Waals surface area contributed by atoms with Crippen molar-refractivity contribution in [2.75, 3.05) is 0 Å². The highest BCUT2D eigenvalue weighted by Gasteiger charge is 2.33. The molecule has 4 nitrogen and oxygen atoms in total. The number of carbonyl (C=O) groups excluding carboxylic acids is 2. The Labute approximate surface area is 153 Å². The minimum absolute atomic E-state index is 0.216.